The van der Waals surface area contributed by atoms with Crippen molar-refractivity contribution in [2.45, 2.75) is 0 Å². The van der Waals surface area contributed by atoms with E-state index in [1.807, 2.05) is 0 Å². The largest absolute Gasteiger partial charge is 0.338 e. The second kappa shape index (κ2) is 4.07. The summed E-state index contributed by atoms with van der Waals surface area (Å²) in [6.45, 7) is 0. The standard InChI is InChI=1S/C13H7ClF2N2/c14-8-2-4-11-12(6-8)18-13(17-11)7-1-3-9(15)10(16)5-7/h1-6H,(H,17,18). The third kappa shape index (κ3) is 1.84. The topological polar surface area (TPSA) is 28.7 Å². The predicted molar refractivity (Wildman–Crippen MR) is 66.5 cm³/mol. The summed E-state index contributed by atoms with van der Waals surface area (Å²) in [6.07, 6.45) is 0. The molecule has 2 nitrogen and oxygen atoms in total. The van der Waals surface area contributed by atoms with Crippen molar-refractivity contribution < 1.29 is 8.78 Å². The van der Waals surface area contributed by atoms with Gasteiger partial charge in [-0.1, -0.05) is 11.6 Å². The summed E-state index contributed by atoms with van der Waals surface area (Å²) in [6, 6.07) is 8.86. The number of fused-ring (bicyclic) bond motifs is 1. The lowest BCUT2D eigenvalue weighted by atomic mass is 10.2. The Morgan fingerprint density at radius 2 is 1.83 bits per heavy atom. The lowest BCUT2D eigenvalue weighted by molar-refractivity contribution is 0.509. The van der Waals surface area contributed by atoms with Gasteiger partial charge >= 0.3 is 0 Å². The van der Waals surface area contributed by atoms with Crippen LogP contribution in [-0.4, -0.2) is 9.97 Å². The number of imidazole rings is 1. The molecule has 2 aromatic carbocycles. The summed E-state index contributed by atoms with van der Waals surface area (Å²) in [5.41, 5.74) is 1.96. The van der Waals surface area contributed by atoms with Crippen LogP contribution >= 0.6 is 11.6 Å². The summed E-state index contributed by atoms with van der Waals surface area (Å²) in [5, 5.41) is 0.586. The fraction of sp³-hybridized carbons (Fsp3) is 0. The normalized spacial score (nSPS) is 11.1. The van der Waals surface area contributed by atoms with E-state index < -0.39 is 11.6 Å². The van der Waals surface area contributed by atoms with Crippen LogP contribution in [0.5, 0.6) is 0 Å². The molecule has 1 N–H and O–H groups in total. The number of halogens is 3. The Morgan fingerprint density at radius 3 is 2.61 bits per heavy atom. The smallest absolute Gasteiger partial charge is 0.159 e. The van der Waals surface area contributed by atoms with Crippen LogP contribution < -0.4 is 0 Å². The highest BCUT2D eigenvalue weighted by molar-refractivity contribution is 6.31. The van der Waals surface area contributed by atoms with Crippen molar-refractivity contribution in [3.63, 3.8) is 0 Å². The zero-order valence-electron chi connectivity index (χ0n) is 9.05. The molecule has 0 atom stereocenters. The van der Waals surface area contributed by atoms with E-state index >= 15 is 0 Å². The molecule has 0 aliphatic carbocycles. The van der Waals surface area contributed by atoms with Gasteiger partial charge in [0.25, 0.3) is 0 Å². The first kappa shape index (κ1) is 11.2. The van der Waals surface area contributed by atoms with E-state index in [-0.39, 0.29) is 0 Å². The summed E-state index contributed by atoms with van der Waals surface area (Å²) in [4.78, 5) is 7.31. The first-order valence-corrected chi connectivity index (χ1v) is 5.62. The van der Waals surface area contributed by atoms with Crippen molar-refractivity contribution >= 4 is 22.6 Å². The van der Waals surface area contributed by atoms with Gasteiger partial charge < -0.3 is 4.98 Å². The van der Waals surface area contributed by atoms with E-state index in [2.05, 4.69) is 9.97 Å². The SMILES string of the molecule is Fc1ccc(-c2nc3ccc(Cl)cc3[nH]2)cc1F. The Hall–Kier alpha value is -1.94. The minimum absolute atomic E-state index is 0.478. The van der Waals surface area contributed by atoms with Gasteiger partial charge in [-0.15, -0.1) is 0 Å². The molecule has 90 valence electrons. The summed E-state index contributed by atoms with van der Waals surface area (Å²) in [7, 11) is 0. The van der Waals surface area contributed by atoms with Crippen molar-refractivity contribution in [1.29, 1.82) is 0 Å². The number of hydrogen-bond donors (Lipinski definition) is 1. The van der Waals surface area contributed by atoms with Crippen molar-refractivity contribution in [3.05, 3.63) is 53.1 Å². The number of aromatic amines is 1. The summed E-state index contributed by atoms with van der Waals surface area (Å²) in [5.74, 6) is -1.30. The van der Waals surface area contributed by atoms with Crippen molar-refractivity contribution in [2.75, 3.05) is 0 Å². The average Bonchev–Trinajstić information content (AvgIpc) is 2.75. The van der Waals surface area contributed by atoms with Crippen molar-refractivity contribution in [1.82, 2.24) is 9.97 Å². The van der Waals surface area contributed by atoms with Crippen LogP contribution in [0.15, 0.2) is 36.4 Å². The zero-order valence-corrected chi connectivity index (χ0v) is 9.80. The fourth-order valence-corrected chi connectivity index (χ4v) is 1.93. The second-order valence-corrected chi connectivity index (χ2v) is 4.31. The molecule has 1 heterocycles. The van der Waals surface area contributed by atoms with Gasteiger partial charge in [0.15, 0.2) is 11.6 Å². The van der Waals surface area contributed by atoms with Crippen LogP contribution in [0.2, 0.25) is 5.02 Å². The molecule has 0 fully saturated rings. The van der Waals surface area contributed by atoms with Crippen LogP contribution in [0.1, 0.15) is 0 Å². The van der Waals surface area contributed by atoms with E-state index in [9.17, 15) is 8.78 Å². The molecule has 3 aromatic rings. The van der Waals surface area contributed by atoms with Crippen molar-refractivity contribution in [2.24, 2.45) is 0 Å². The number of hydrogen-bond acceptors (Lipinski definition) is 1. The van der Waals surface area contributed by atoms with Crippen LogP contribution in [-0.2, 0) is 0 Å². The van der Waals surface area contributed by atoms with Crippen LogP contribution in [0.4, 0.5) is 8.78 Å². The Labute approximate surface area is 106 Å². The van der Waals surface area contributed by atoms with Gasteiger partial charge in [-0.25, -0.2) is 13.8 Å². The van der Waals surface area contributed by atoms with Crippen LogP contribution in [0.3, 0.4) is 0 Å². The Kier molecular flexibility index (Phi) is 2.52. The van der Waals surface area contributed by atoms with E-state index in [4.69, 9.17) is 11.6 Å². The molecule has 0 aliphatic rings. The molecule has 0 aliphatic heterocycles. The molecule has 0 saturated carbocycles. The van der Waals surface area contributed by atoms with Crippen LogP contribution in [0, 0.1) is 11.6 Å². The molecule has 0 saturated heterocycles. The maximum Gasteiger partial charge on any atom is 0.159 e. The lowest BCUT2D eigenvalue weighted by Gasteiger charge is -1.97. The highest BCUT2D eigenvalue weighted by atomic mass is 35.5. The predicted octanol–water partition coefficient (Wildman–Crippen LogP) is 4.16. The molecule has 5 heteroatoms. The average molecular weight is 265 g/mol. The molecular formula is C13H7ClF2N2. The number of nitrogens with one attached hydrogen (secondary N) is 1. The molecule has 0 bridgehead atoms. The number of rotatable bonds is 1. The third-order valence-corrected chi connectivity index (χ3v) is 2.87. The van der Waals surface area contributed by atoms with Gasteiger partial charge in [0.05, 0.1) is 11.0 Å². The van der Waals surface area contributed by atoms with Gasteiger partial charge in [-0.3, -0.25) is 0 Å². The van der Waals surface area contributed by atoms with Gasteiger partial charge in [-0.2, -0.15) is 0 Å². The Balaban J connectivity index is 2.16. The lowest BCUT2D eigenvalue weighted by Crippen LogP contribution is -1.86. The molecular weight excluding hydrogens is 258 g/mol. The van der Waals surface area contributed by atoms with Gasteiger partial charge in [-0.05, 0) is 36.4 Å². The van der Waals surface area contributed by atoms with E-state index in [0.717, 1.165) is 23.2 Å². The first-order valence-electron chi connectivity index (χ1n) is 5.24. The highest BCUT2D eigenvalue weighted by Gasteiger charge is 2.08. The summed E-state index contributed by atoms with van der Waals surface area (Å²) >= 11 is 5.86. The zero-order chi connectivity index (χ0) is 12.7. The minimum Gasteiger partial charge on any atom is -0.338 e. The number of H-pyrrole nitrogens is 1. The first-order chi connectivity index (χ1) is 8.63. The molecule has 0 amide bonds. The van der Waals surface area contributed by atoms with Crippen molar-refractivity contribution in [3.8, 4) is 11.4 Å². The second-order valence-electron chi connectivity index (χ2n) is 3.88. The molecule has 0 radical (unpaired) electrons. The van der Waals surface area contributed by atoms with E-state index in [1.54, 1.807) is 18.2 Å². The Bertz CT molecular complexity index is 737. The number of benzene rings is 2. The van der Waals surface area contributed by atoms with Gasteiger partial charge in [0.2, 0.25) is 0 Å². The molecule has 0 spiro atoms. The minimum atomic E-state index is -0.897. The van der Waals surface area contributed by atoms with E-state index in [0.29, 0.717) is 16.4 Å². The molecule has 1 aromatic heterocycles. The third-order valence-electron chi connectivity index (χ3n) is 2.64. The van der Waals surface area contributed by atoms with E-state index in [1.165, 1.54) is 6.07 Å². The molecule has 3 rings (SSSR count). The Morgan fingerprint density at radius 1 is 1.00 bits per heavy atom. The highest BCUT2D eigenvalue weighted by Crippen LogP contribution is 2.23. The summed E-state index contributed by atoms with van der Waals surface area (Å²) < 4.78 is 26.0. The monoisotopic (exact) mass is 264 g/mol. The van der Waals surface area contributed by atoms with Gasteiger partial charge in [0.1, 0.15) is 5.82 Å². The number of aromatic nitrogens is 2. The maximum atomic E-state index is 13.1. The fourth-order valence-electron chi connectivity index (χ4n) is 1.76. The number of nitrogens with zero attached hydrogens (tertiary/aromatic N) is 1. The van der Waals surface area contributed by atoms with Gasteiger partial charge in [0, 0.05) is 10.6 Å². The maximum absolute atomic E-state index is 13.1. The van der Waals surface area contributed by atoms with Crippen LogP contribution in [0.25, 0.3) is 22.4 Å². The quantitative estimate of drug-likeness (QED) is 0.702. The molecule has 0 unspecified atom stereocenters. The molecule has 18 heavy (non-hydrogen) atoms.